The van der Waals surface area contributed by atoms with Crippen LogP contribution in [0, 0.1) is 6.92 Å². The molecule has 1 saturated carbocycles. The van der Waals surface area contributed by atoms with Gasteiger partial charge in [-0.3, -0.25) is 4.79 Å². The second-order valence-electron chi connectivity index (χ2n) is 8.55. The molecule has 1 aromatic carbocycles. The summed E-state index contributed by atoms with van der Waals surface area (Å²) in [7, 11) is 0. The molecule has 170 valence electrons. The van der Waals surface area contributed by atoms with Crippen LogP contribution in [0.2, 0.25) is 0 Å². The molecule has 2 heterocycles. The summed E-state index contributed by atoms with van der Waals surface area (Å²) in [6, 6.07) is 7.95. The molecule has 1 fully saturated rings. The first kappa shape index (κ1) is 22.6. The van der Waals surface area contributed by atoms with E-state index in [2.05, 4.69) is 5.32 Å². The Morgan fingerprint density at radius 1 is 1.19 bits per heavy atom. The number of allylic oxidation sites excluding steroid dienone is 1. The molecule has 1 N–H and O–H groups in total. The summed E-state index contributed by atoms with van der Waals surface area (Å²) in [5, 5.41) is 6.00. The summed E-state index contributed by atoms with van der Waals surface area (Å²) in [5.41, 5.74) is 4.16. The largest absolute Gasteiger partial charge is 0.463 e. The van der Waals surface area contributed by atoms with Crippen molar-refractivity contribution in [3.63, 3.8) is 0 Å². The minimum absolute atomic E-state index is 0.0255. The van der Waals surface area contributed by atoms with Crippen LogP contribution in [0.1, 0.15) is 69.5 Å². The number of carbonyl (C=O) groups excluding carboxylic acids is 2. The van der Waals surface area contributed by atoms with Gasteiger partial charge in [-0.2, -0.15) is 0 Å². The summed E-state index contributed by atoms with van der Waals surface area (Å²) in [4.78, 5) is 32.7. The summed E-state index contributed by atoms with van der Waals surface area (Å²) in [5.74, 6) is -0.332. The van der Waals surface area contributed by atoms with Gasteiger partial charge in [-0.15, -0.1) is 0 Å². The first-order valence-electron chi connectivity index (χ1n) is 11.5. The molecule has 1 amide bonds. The Kier molecular flexibility index (Phi) is 7.04. The van der Waals surface area contributed by atoms with E-state index in [0.717, 1.165) is 34.8 Å². The van der Waals surface area contributed by atoms with E-state index in [9.17, 15) is 9.59 Å². The summed E-state index contributed by atoms with van der Waals surface area (Å²) in [6.07, 6.45) is 5.97. The maximum absolute atomic E-state index is 13.0. The van der Waals surface area contributed by atoms with Crippen molar-refractivity contribution in [2.24, 2.45) is 4.99 Å². The zero-order valence-corrected chi connectivity index (χ0v) is 19.8. The van der Waals surface area contributed by atoms with Crippen LogP contribution in [-0.2, 0) is 14.3 Å². The molecule has 0 aromatic heterocycles. The lowest BCUT2D eigenvalue weighted by atomic mass is 9.91. The average molecular weight is 454 g/mol. The highest BCUT2D eigenvalue weighted by Crippen LogP contribution is 2.45. The van der Waals surface area contributed by atoms with Crippen molar-refractivity contribution in [1.29, 1.82) is 0 Å². The molecule has 1 aliphatic carbocycles. The molecule has 1 atom stereocenters. The minimum Gasteiger partial charge on any atom is -0.463 e. The van der Waals surface area contributed by atoms with Crippen LogP contribution in [0.25, 0.3) is 0 Å². The van der Waals surface area contributed by atoms with Gasteiger partial charge in [0.1, 0.15) is 0 Å². The van der Waals surface area contributed by atoms with E-state index in [0.29, 0.717) is 17.9 Å². The Bertz CT molecular complexity index is 992. The third-order valence-corrected chi connectivity index (χ3v) is 7.18. The van der Waals surface area contributed by atoms with Gasteiger partial charge < -0.3 is 15.0 Å². The number of hydrogen-bond donors (Lipinski definition) is 1. The number of benzene rings is 1. The van der Waals surface area contributed by atoms with Crippen LogP contribution in [0.15, 0.2) is 51.6 Å². The first-order chi connectivity index (χ1) is 15.5. The predicted octanol–water partition coefficient (Wildman–Crippen LogP) is 4.97. The molecule has 32 heavy (non-hydrogen) atoms. The van der Waals surface area contributed by atoms with E-state index in [1.807, 2.05) is 48.4 Å². The number of fused-ring (bicyclic) bond motifs is 1. The molecule has 6 nitrogen and oxygen atoms in total. The van der Waals surface area contributed by atoms with Crippen molar-refractivity contribution in [3.8, 4) is 0 Å². The van der Waals surface area contributed by atoms with Gasteiger partial charge in [-0.05, 0) is 50.1 Å². The third kappa shape index (κ3) is 4.63. The van der Waals surface area contributed by atoms with Crippen molar-refractivity contribution in [2.75, 3.05) is 6.61 Å². The number of aliphatic imine (C=N–C) groups is 1. The Balaban J connectivity index is 1.64. The molecule has 0 saturated heterocycles. The Labute approximate surface area is 194 Å². The van der Waals surface area contributed by atoms with E-state index >= 15 is 0 Å². The second-order valence-corrected chi connectivity index (χ2v) is 9.39. The molecule has 3 aliphatic rings. The van der Waals surface area contributed by atoms with Gasteiger partial charge in [0.05, 0.1) is 30.3 Å². The van der Waals surface area contributed by atoms with Crippen molar-refractivity contribution >= 4 is 28.8 Å². The second kappa shape index (κ2) is 9.94. The fourth-order valence-corrected chi connectivity index (χ4v) is 5.68. The van der Waals surface area contributed by atoms with Gasteiger partial charge in [0.15, 0.2) is 5.17 Å². The molecule has 2 aliphatic heterocycles. The molecular formula is C25H31N3O3S. The summed E-state index contributed by atoms with van der Waals surface area (Å²) in [6.45, 7) is 6.01. The van der Waals surface area contributed by atoms with Crippen LogP contribution < -0.4 is 5.32 Å². The fraction of sp³-hybridized carbons (Fsp3) is 0.480. The molecule has 4 rings (SSSR count). The SMILES string of the molecule is CCOC(=O)C1=C(C)N=C2SC=C(CC(=O)NC3CCCCC3)N2[C@H]1c1ccccc1C. The Morgan fingerprint density at radius 3 is 2.66 bits per heavy atom. The van der Waals surface area contributed by atoms with E-state index < -0.39 is 0 Å². The van der Waals surface area contributed by atoms with Gasteiger partial charge in [-0.1, -0.05) is 55.3 Å². The smallest absolute Gasteiger partial charge is 0.338 e. The lowest BCUT2D eigenvalue weighted by Crippen LogP contribution is -2.40. The quantitative estimate of drug-likeness (QED) is 0.616. The first-order valence-corrected chi connectivity index (χ1v) is 12.3. The van der Waals surface area contributed by atoms with E-state index in [1.54, 1.807) is 6.92 Å². The highest BCUT2D eigenvalue weighted by Gasteiger charge is 2.41. The number of nitrogens with zero attached hydrogens (tertiary/aromatic N) is 2. The van der Waals surface area contributed by atoms with Crippen molar-refractivity contribution in [3.05, 3.63) is 57.8 Å². The molecule has 0 radical (unpaired) electrons. The number of aryl methyl sites for hydroxylation is 1. The molecule has 7 heteroatoms. The van der Waals surface area contributed by atoms with Crippen molar-refractivity contribution in [2.45, 2.75) is 71.4 Å². The van der Waals surface area contributed by atoms with Gasteiger partial charge in [0, 0.05) is 11.7 Å². The van der Waals surface area contributed by atoms with E-state index in [1.165, 1.54) is 31.0 Å². The molecule has 0 unspecified atom stereocenters. The van der Waals surface area contributed by atoms with Crippen LogP contribution in [0.3, 0.4) is 0 Å². The lowest BCUT2D eigenvalue weighted by molar-refractivity contribution is -0.139. The number of thioether (sulfide) groups is 1. The molecule has 1 aromatic rings. The maximum atomic E-state index is 13.0. The van der Waals surface area contributed by atoms with Crippen LogP contribution in [0.4, 0.5) is 0 Å². The number of nitrogens with one attached hydrogen (secondary N) is 1. The average Bonchev–Trinajstić information content (AvgIpc) is 3.16. The third-order valence-electron chi connectivity index (χ3n) is 6.29. The van der Waals surface area contributed by atoms with Crippen LogP contribution in [0.5, 0.6) is 0 Å². The van der Waals surface area contributed by atoms with Gasteiger partial charge in [-0.25, -0.2) is 9.79 Å². The number of esters is 1. The standard InChI is InChI=1S/C25H31N3O3S/c1-4-31-24(30)22-17(3)26-25-28(23(22)20-13-9-8-10-16(20)2)19(15-32-25)14-21(29)27-18-11-6-5-7-12-18/h8-10,13,15,18,23H,4-7,11-12,14H2,1-3H3,(H,27,29)/t23-/m0/s1. The number of rotatable bonds is 6. The van der Waals surface area contributed by atoms with Crippen molar-refractivity contribution in [1.82, 2.24) is 10.2 Å². The maximum Gasteiger partial charge on any atom is 0.338 e. The van der Waals surface area contributed by atoms with Gasteiger partial charge >= 0.3 is 5.97 Å². The summed E-state index contributed by atoms with van der Waals surface area (Å²) < 4.78 is 5.41. The van der Waals surface area contributed by atoms with E-state index in [-0.39, 0.29) is 30.4 Å². The van der Waals surface area contributed by atoms with Crippen molar-refractivity contribution < 1.29 is 14.3 Å². The normalized spacial score (nSPS) is 21.1. The monoisotopic (exact) mass is 453 g/mol. The Morgan fingerprint density at radius 2 is 1.94 bits per heavy atom. The van der Waals surface area contributed by atoms with E-state index in [4.69, 9.17) is 9.73 Å². The number of ether oxygens (including phenoxy) is 1. The molecular weight excluding hydrogens is 422 g/mol. The molecule has 0 spiro atoms. The van der Waals surface area contributed by atoms with Gasteiger partial charge in [0.2, 0.25) is 5.91 Å². The number of amidine groups is 1. The Hall–Kier alpha value is -2.54. The zero-order valence-electron chi connectivity index (χ0n) is 19.0. The number of hydrogen-bond acceptors (Lipinski definition) is 6. The minimum atomic E-state index is -0.369. The zero-order chi connectivity index (χ0) is 22.7. The number of amides is 1. The number of carbonyl (C=O) groups is 2. The predicted molar refractivity (Wildman–Crippen MR) is 128 cm³/mol. The van der Waals surface area contributed by atoms with Crippen LogP contribution >= 0.6 is 11.8 Å². The summed E-state index contributed by atoms with van der Waals surface area (Å²) >= 11 is 1.51. The van der Waals surface area contributed by atoms with Crippen LogP contribution in [-0.4, -0.2) is 34.6 Å². The highest BCUT2D eigenvalue weighted by atomic mass is 32.2. The van der Waals surface area contributed by atoms with Gasteiger partial charge in [0.25, 0.3) is 0 Å². The molecule has 0 bridgehead atoms. The fourth-order valence-electron chi connectivity index (χ4n) is 4.72. The lowest BCUT2D eigenvalue weighted by Gasteiger charge is -2.37. The highest BCUT2D eigenvalue weighted by molar-refractivity contribution is 8.16. The topological polar surface area (TPSA) is 71.0 Å².